The molecule has 0 saturated carbocycles. The van der Waals surface area contributed by atoms with Crippen molar-refractivity contribution in [1.29, 1.82) is 0 Å². The monoisotopic (exact) mass is 321 g/mol. The van der Waals surface area contributed by atoms with Crippen molar-refractivity contribution >= 4 is 26.5 Å². The predicted octanol–water partition coefficient (Wildman–Crippen LogP) is 1.87. The van der Waals surface area contributed by atoms with Gasteiger partial charge in [0.1, 0.15) is 0 Å². The van der Waals surface area contributed by atoms with Crippen LogP contribution in [0.15, 0.2) is 28.5 Å². The minimum absolute atomic E-state index is 0.194. The number of thiazole rings is 1. The Bertz CT molecular complexity index is 814. The van der Waals surface area contributed by atoms with E-state index >= 15 is 0 Å². The van der Waals surface area contributed by atoms with E-state index in [2.05, 4.69) is 21.5 Å². The average molecular weight is 321 g/mol. The highest BCUT2D eigenvalue weighted by Gasteiger charge is 2.18. The third-order valence-corrected chi connectivity index (χ3v) is 5.14. The van der Waals surface area contributed by atoms with Crippen molar-refractivity contribution in [3.05, 3.63) is 40.4 Å². The molecule has 7 heteroatoms. The van der Waals surface area contributed by atoms with Gasteiger partial charge in [-0.3, -0.25) is 4.72 Å². The molecule has 0 saturated heterocycles. The molecule has 0 fully saturated rings. The fourth-order valence-electron chi connectivity index (χ4n) is 1.69. The lowest BCUT2D eigenvalue weighted by Gasteiger charge is -2.08. The molecule has 2 aromatic rings. The lowest BCUT2D eigenvalue weighted by Crippen LogP contribution is -2.14. The third kappa shape index (κ3) is 3.82. The van der Waals surface area contributed by atoms with Crippen molar-refractivity contribution in [1.82, 2.24) is 4.98 Å². The van der Waals surface area contributed by atoms with Gasteiger partial charge in [-0.05, 0) is 31.5 Å². The number of nitrogens with two attached hydrogens (primary N) is 1. The van der Waals surface area contributed by atoms with Crippen LogP contribution in [0.4, 0.5) is 5.13 Å². The summed E-state index contributed by atoms with van der Waals surface area (Å²) in [6, 6.07) is 5.04. The average Bonchev–Trinajstić information content (AvgIpc) is 2.82. The zero-order valence-corrected chi connectivity index (χ0v) is 13.3. The molecule has 0 spiro atoms. The molecule has 0 atom stereocenters. The normalized spacial score (nSPS) is 10.8. The zero-order valence-electron chi connectivity index (χ0n) is 11.7. The van der Waals surface area contributed by atoms with Crippen LogP contribution < -0.4 is 10.5 Å². The number of nitrogens with one attached hydrogen (secondary N) is 1. The first-order valence-corrected chi connectivity index (χ1v) is 8.53. The second-order valence-electron chi connectivity index (χ2n) is 4.39. The highest BCUT2D eigenvalue weighted by atomic mass is 32.2. The molecule has 2 rings (SSSR count). The van der Waals surface area contributed by atoms with Gasteiger partial charge in [-0.1, -0.05) is 17.9 Å². The number of aromatic nitrogens is 1. The van der Waals surface area contributed by atoms with Crippen LogP contribution in [-0.2, 0) is 10.0 Å². The number of benzene rings is 1. The van der Waals surface area contributed by atoms with Crippen LogP contribution in [0.25, 0.3) is 0 Å². The molecule has 0 bridgehead atoms. The number of hydrogen-bond acceptors (Lipinski definition) is 5. The van der Waals surface area contributed by atoms with Gasteiger partial charge in [-0.2, -0.15) is 0 Å². The van der Waals surface area contributed by atoms with Crippen LogP contribution in [0.3, 0.4) is 0 Å². The second kappa shape index (κ2) is 6.26. The van der Waals surface area contributed by atoms with E-state index in [0.717, 1.165) is 5.69 Å². The summed E-state index contributed by atoms with van der Waals surface area (Å²) in [5, 5.41) is 2.14. The summed E-state index contributed by atoms with van der Waals surface area (Å²) in [5.41, 5.74) is 7.36. The molecule has 1 heterocycles. The predicted molar refractivity (Wildman–Crippen MR) is 84.8 cm³/mol. The van der Waals surface area contributed by atoms with Crippen molar-refractivity contribution in [2.45, 2.75) is 18.7 Å². The lowest BCUT2D eigenvalue weighted by atomic mass is 10.1. The van der Waals surface area contributed by atoms with Crippen LogP contribution >= 0.6 is 11.3 Å². The van der Waals surface area contributed by atoms with Gasteiger partial charge in [-0.15, -0.1) is 11.3 Å². The first kappa shape index (κ1) is 15.5. The van der Waals surface area contributed by atoms with Crippen LogP contribution in [0.5, 0.6) is 0 Å². The van der Waals surface area contributed by atoms with E-state index < -0.39 is 10.0 Å². The SMILES string of the molecule is Cc1csc(NS(=O)(=O)c2cc(C#CCN)ccc2C)n1. The van der Waals surface area contributed by atoms with E-state index in [0.29, 0.717) is 16.3 Å². The maximum absolute atomic E-state index is 12.4. The Kier molecular flexibility index (Phi) is 4.63. The molecule has 1 aromatic heterocycles. The Labute approximate surface area is 128 Å². The summed E-state index contributed by atoms with van der Waals surface area (Å²) in [4.78, 5) is 4.30. The fraction of sp³-hybridized carbons (Fsp3) is 0.214. The molecule has 110 valence electrons. The molecule has 1 aromatic carbocycles. The number of rotatable bonds is 3. The smallest absolute Gasteiger partial charge is 0.263 e. The Balaban J connectivity index is 2.39. The molecule has 0 amide bonds. The van der Waals surface area contributed by atoms with Crippen LogP contribution in [0.2, 0.25) is 0 Å². The summed E-state index contributed by atoms with van der Waals surface area (Å²) in [7, 11) is -3.68. The Morgan fingerprint density at radius 1 is 1.38 bits per heavy atom. The fourth-order valence-corrected chi connectivity index (χ4v) is 3.90. The van der Waals surface area contributed by atoms with Crippen molar-refractivity contribution in [2.24, 2.45) is 5.73 Å². The first-order valence-electron chi connectivity index (χ1n) is 6.17. The van der Waals surface area contributed by atoms with E-state index in [4.69, 9.17) is 5.73 Å². The largest absolute Gasteiger partial charge is 0.320 e. The summed E-state index contributed by atoms with van der Waals surface area (Å²) in [6.45, 7) is 3.77. The minimum Gasteiger partial charge on any atom is -0.320 e. The molecule has 0 radical (unpaired) electrons. The van der Waals surface area contributed by atoms with Gasteiger partial charge in [-0.25, -0.2) is 13.4 Å². The van der Waals surface area contributed by atoms with Gasteiger partial charge < -0.3 is 5.73 Å². The van der Waals surface area contributed by atoms with E-state index in [1.165, 1.54) is 11.3 Å². The third-order valence-electron chi connectivity index (χ3n) is 2.65. The number of anilines is 1. The second-order valence-corrected chi connectivity index (χ2v) is 6.89. The van der Waals surface area contributed by atoms with Gasteiger partial charge in [0.2, 0.25) is 0 Å². The quantitative estimate of drug-likeness (QED) is 0.845. The molecule has 0 unspecified atom stereocenters. The lowest BCUT2D eigenvalue weighted by molar-refractivity contribution is 0.600. The molecule has 3 N–H and O–H groups in total. The molecular weight excluding hydrogens is 306 g/mol. The van der Waals surface area contributed by atoms with Gasteiger partial charge in [0.05, 0.1) is 17.1 Å². The number of hydrogen-bond donors (Lipinski definition) is 2. The van der Waals surface area contributed by atoms with Crippen molar-refractivity contribution in [3.8, 4) is 11.8 Å². The van der Waals surface area contributed by atoms with Crippen molar-refractivity contribution < 1.29 is 8.42 Å². The van der Waals surface area contributed by atoms with Crippen molar-refractivity contribution in [3.63, 3.8) is 0 Å². The summed E-state index contributed by atoms with van der Waals surface area (Å²) >= 11 is 1.25. The number of nitrogens with zero attached hydrogens (tertiary/aromatic N) is 1. The van der Waals surface area contributed by atoms with Gasteiger partial charge >= 0.3 is 0 Å². The van der Waals surface area contributed by atoms with E-state index in [1.807, 2.05) is 6.92 Å². The number of sulfonamides is 1. The maximum Gasteiger partial charge on any atom is 0.263 e. The Morgan fingerprint density at radius 2 is 2.14 bits per heavy atom. The van der Waals surface area contributed by atoms with Gasteiger partial charge in [0, 0.05) is 10.9 Å². The van der Waals surface area contributed by atoms with Crippen LogP contribution in [-0.4, -0.2) is 19.9 Å². The highest BCUT2D eigenvalue weighted by Crippen LogP contribution is 2.22. The summed E-state index contributed by atoms with van der Waals surface area (Å²) < 4.78 is 27.4. The van der Waals surface area contributed by atoms with Gasteiger partial charge in [0.15, 0.2) is 5.13 Å². The standard InChI is InChI=1S/C14H15N3O2S2/c1-10-5-6-12(4-3-7-15)8-13(10)21(18,19)17-14-16-11(2)9-20-14/h5-6,8-9H,7,15H2,1-2H3,(H,16,17). The molecular formula is C14H15N3O2S2. The molecule has 0 aliphatic carbocycles. The molecule has 0 aliphatic heterocycles. The summed E-state index contributed by atoms with van der Waals surface area (Å²) in [5.74, 6) is 5.54. The highest BCUT2D eigenvalue weighted by molar-refractivity contribution is 7.93. The van der Waals surface area contributed by atoms with E-state index in [-0.39, 0.29) is 11.4 Å². The Morgan fingerprint density at radius 3 is 2.76 bits per heavy atom. The topological polar surface area (TPSA) is 85.1 Å². The maximum atomic E-state index is 12.4. The zero-order chi connectivity index (χ0) is 15.5. The molecule has 21 heavy (non-hydrogen) atoms. The van der Waals surface area contributed by atoms with Crippen molar-refractivity contribution in [2.75, 3.05) is 11.3 Å². The Hall–Kier alpha value is -1.88. The summed E-state index contributed by atoms with van der Waals surface area (Å²) in [6.07, 6.45) is 0. The van der Waals surface area contributed by atoms with E-state index in [1.54, 1.807) is 30.5 Å². The van der Waals surface area contributed by atoms with Crippen LogP contribution in [0.1, 0.15) is 16.8 Å². The molecule has 5 nitrogen and oxygen atoms in total. The number of aryl methyl sites for hydroxylation is 2. The minimum atomic E-state index is -3.68. The van der Waals surface area contributed by atoms with Crippen LogP contribution in [0, 0.1) is 25.7 Å². The van der Waals surface area contributed by atoms with Gasteiger partial charge in [0.25, 0.3) is 10.0 Å². The van der Waals surface area contributed by atoms with E-state index in [9.17, 15) is 8.42 Å². The molecule has 0 aliphatic rings. The first-order chi connectivity index (χ1) is 9.92.